The highest BCUT2D eigenvalue weighted by molar-refractivity contribution is 6.32. The lowest BCUT2D eigenvalue weighted by atomic mass is 9.85. The first-order chi connectivity index (χ1) is 14.1. The predicted molar refractivity (Wildman–Crippen MR) is 113 cm³/mol. The molecule has 0 aromatic carbocycles. The van der Waals surface area contributed by atoms with Crippen molar-refractivity contribution in [3.8, 4) is 0 Å². The summed E-state index contributed by atoms with van der Waals surface area (Å²) in [7, 11) is 0. The van der Waals surface area contributed by atoms with Crippen molar-refractivity contribution >= 4 is 35.1 Å². The van der Waals surface area contributed by atoms with Crippen molar-refractivity contribution in [1.82, 2.24) is 20.7 Å². The normalized spacial score (nSPS) is 15.4. The Bertz CT molecular complexity index is 762. The number of rotatable bonds is 7. The summed E-state index contributed by atoms with van der Waals surface area (Å²) in [6.07, 6.45) is 5.65. The minimum absolute atomic E-state index is 0.133. The maximum Gasteiger partial charge on any atom is 0.319 e. The highest BCUT2D eigenvalue weighted by atomic mass is 35.5. The standard InChI is InChI=1S/C20H30ClN5O4/c1-20(2,3)16(24-19(29)23-14-9-6-10-22-17(14)21)18(28)26(12-15(27)25-30)11-13-7-4-5-8-13/h6,9-10,13,16,30H,4-5,7-8,11-12H2,1-3H3,(H,25,27)(H2,23,24,29)/t16-/m1/s1. The van der Waals surface area contributed by atoms with E-state index in [-0.39, 0.29) is 17.6 Å². The molecule has 1 aliphatic carbocycles. The molecule has 30 heavy (non-hydrogen) atoms. The SMILES string of the molecule is CC(C)(C)[C@H](NC(=O)Nc1cccnc1Cl)C(=O)N(CC(=O)NO)CC1CCCC1. The zero-order valence-corrected chi connectivity index (χ0v) is 18.3. The number of nitrogens with one attached hydrogen (secondary N) is 3. The van der Waals surface area contributed by atoms with Crippen LogP contribution >= 0.6 is 11.6 Å². The lowest BCUT2D eigenvalue weighted by molar-refractivity contribution is -0.142. The zero-order valence-electron chi connectivity index (χ0n) is 17.6. The Labute approximate surface area is 181 Å². The van der Waals surface area contributed by atoms with E-state index in [1.165, 1.54) is 11.1 Å². The van der Waals surface area contributed by atoms with Crippen LogP contribution in [0.5, 0.6) is 0 Å². The fourth-order valence-corrected chi connectivity index (χ4v) is 3.71. The van der Waals surface area contributed by atoms with E-state index in [9.17, 15) is 14.4 Å². The summed E-state index contributed by atoms with van der Waals surface area (Å²) in [4.78, 5) is 43.1. The first-order valence-electron chi connectivity index (χ1n) is 10.0. The maximum absolute atomic E-state index is 13.4. The van der Waals surface area contributed by atoms with Gasteiger partial charge in [-0.15, -0.1) is 0 Å². The van der Waals surface area contributed by atoms with Crippen LogP contribution in [0.2, 0.25) is 5.15 Å². The van der Waals surface area contributed by atoms with Crippen molar-refractivity contribution in [2.45, 2.75) is 52.5 Å². The Kier molecular flexibility index (Phi) is 8.43. The summed E-state index contributed by atoms with van der Waals surface area (Å²) in [5.74, 6) is -0.768. The third kappa shape index (κ3) is 6.84. The van der Waals surface area contributed by atoms with Gasteiger partial charge in [0, 0.05) is 12.7 Å². The Balaban J connectivity index is 2.16. The van der Waals surface area contributed by atoms with Gasteiger partial charge in [-0.2, -0.15) is 0 Å². The number of hydrogen-bond acceptors (Lipinski definition) is 5. The molecule has 0 bridgehead atoms. The number of aromatic nitrogens is 1. The lowest BCUT2D eigenvalue weighted by Gasteiger charge is -2.35. The molecular weight excluding hydrogens is 410 g/mol. The van der Waals surface area contributed by atoms with E-state index in [1.807, 2.05) is 20.8 Å². The van der Waals surface area contributed by atoms with Gasteiger partial charge in [0.2, 0.25) is 5.91 Å². The highest BCUT2D eigenvalue weighted by Crippen LogP contribution is 2.27. The smallest absolute Gasteiger partial charge is 0.319 e. The lowest BCUT2D eigenvalue weighted by Crippen LogP contribution is -2.57. The van der Waals surface area contributed by atoms with Crippen LogP contribution in [0, 0.1) is 11.3 Å². The number of halogens is 1. The molecule has 4 amide bonds. The maximum atomic E-state index is 13.4. The molecule has 0 radical (unpaired) electrons. The number of carbonyl (C=O) groups excluding carboxylic acids is 3. The average molecular weight is 440 g/mol. The van der Waals surface area contributed by atoms with Gasteiger partial charge in [0.25, 0.3) is 5.91 Å². The van der Waals surface area contributed by atoms with Crippen LogP contribution in [0.1, 0.15) is 46.5 Å². The first-order valence-corrected chi connectivity index (χ1v) is 10.4. The van der Waals surface area contributed by atoms with E-state index in [4.69, 9.17) is 16.8 Å². The minimum atomic E-state index is -0.902. The summed E-state index contributed by atoms with van der Waals surface area (Å²) in [6.45, 7) is 5.60. The van der Waals surface area contributed by atoms with Crippen molar-refractivity contribution in [1.29, 1.82) is 0 Å². The average Bonchev–Trinajstić information content (AvgIpc) is 3.19. The van der Waals surface area contributed by atoms with Gasteiger partial charge in [-0.05, 0) is 36.3 Å². The third-order valence-corrected chi connectivity index (χ3v) is 5.42. The van der Waals surface area contributed by atoms with Gasteiger partial charge in [-0.3, -0.25) is 14.8 Å². The fraction of sp³-hybridized carbons (Fsp3) is 0.600. The molecular formula is C20H30ClN5O4. The summed E-state index contributed by atoms with van der Waals surface area (Å²) >= 11 is 5.98. The van der Waals surface area contributed by atoms with Gasteiger partial charge in [0.05, 0.1) is 5.69 Å². The van der Waals surface area contributed by atoms with Crippen molar-refractivity contribution in [3.05, 3.63) is 23.5 Å². The number of hydrogen-bond donors (Lipinski definition) is 4. The van der Waals surface area contributed by atoms with Gasteiger partial charge < -0.3 is 15.5 Å². The molecule has 1 fully saturated rings. The molecule has 1 heterocycles. The van der Waals surface area contributed by atoms with E-state index in [1.54, 1.807) is 17.6 Å². The van der Waals surface area contributed by atoms with E-state index in [0.717, 1.165) is 25.7 Å². The number of carbonyl (C=O) groups is 3. The number of urea groups is 1. The molecule has 0 saturated heterocycles. The zero-order chi connectivity index (χ0) is 22.3. The minimum Gasteiger partial charge on any atom is -0.331 e. The molecule has 1 aromatic heterocycles. The molecule has 0 spiro atoms. The Hall–Kier alpha value is -2.39. The molecule has 4 N–H and O–H groups in total. The molecule has 1 aromatic rings. The third-order valence-electron chi connectivity index (χ3n) is 5.12. The van der Waals surface area contributed by atoms with Crippen molar-refractivity contribution in [2.24, 2.45) is 11.3 Å². The van der Waals surface area contributed by atoms with Crippen LogP contribution in [-0.4, -0.2) is 52.1 Å². The van der Waals surface area contributed by atoms with E-state index < -0.39 is 23.4 Å². The van der Waals surface area contributed by atoms with Crippen LogP contribution in [0.3, 0.4) is 0 Å². The van der Waals surface area contributed by atoms with E-state index in [0.29, 0.717) is 18.2 Å². The second-order valence-corrected chi connectivity index (χ2v) is 9.00. The highest BCUT2D eigenvalue weighted by Gasteiger charge is 2.37. The van der Waals surface area contributed by atoms with Crippen LogP contribution in [0.4, 0.5) is 10.5 Å². The van der Waals surface area contributed by atoms with Crippen molar-refractivity contribution < 1.29 is 19.6 Å². The number of anilines is 1. The second kappa shape index (κ2) is 10.6. The predicted octanol–water partition coefficient (Wildman–Crippen LogP) is 2.80. The monoisotopic (exact) mass is 439 g/mol. The Morgan fingerprint density at radius 2 is 1.97 bits per heavy atom. The number of amides is 4. The second-order valence-electron chi connectivity index (χ2n) is 8.64. The summed E-state index contributed by atoms with van der Waals surface area (Å²) < 4.78 is 0. The van der Waals surface area contributed by atoms with Crippen LogP contribution < -0.4 is 16.1 Å². The van der Waals surface area contributed by atoms with Gasteiger partial charge in [-0.25, -0.2) is 15.3 Å². The summed E-state index contributed by atoms with van der Waals surface area (Å²) in [5, 5.41) is 14.4. The molecule has 0 unspecified atom stereocenters. The molecule has 166 valence electrons. The number of pyridine rings is 1. The largest absolute Gasteiger partial charge is 0.331 e. The van der Waals surface area contributed by atoms with E-state index in [2.05, 4.69) is 15.6 Å². The molecule has 9 nitrogen and oxygen atoms in total. The molecule has 1 saturated carbocycles. The Morgan fingerprint density at radius 3 is 2.53 bits per heavy atom. The number of hydroxylamine groups is 1. The summed E-state index contributed by atoms with van der Waals surface area (Å²) in [5.41, 5.74) is 1.27. The number of nitrogens with zero attached hydrogens (tertiary/aromatic N) is 2. The topological polar surface area (TPSA) is 124 Å². The molecule has 10 heteroatoms. The van der Waals surface area contributed by atoms with Crippen LogP contribution in [0.15, 0.2) is 18.3 Å². The molecule has 0 aliphatic heterocycles. The summed E-state index contributed by atoms with van der Waals surface area (Å²) in [6, 6.07) is 1.72. The van der Waals surface area contributed by atoms with Crippen molar-refractivity contribution in [2.75, 3.05) is 18.4 Å². The fourth-order valence-electron chi connectivity index (χ4n) is 3.55. The van der Waals surface area contributed by atoms with Gasteiger partial charge in [0.1, 0.15) is 12.6 Å². The van der Waals surface area contributed by atoms with E-state index >= 15 is 0 Å². The molecule has 2 rings (SSSR count). The van der Waals surface area contributed by atoms with Crippen LogP contribution in [0.25, 0.3) is 0 Å². The Morgan fingerprint density at radius 1 is 1.30 bits per heavy atom. The van der Waals surface area contributed by atoms with Gasteiger partial charge >= 0.3 is 6.03 Å². The van der Waals surface area contributed by atoms with Crippen molar-refractivity contribution in [3.63, 3.8) is 0 Å². The van der Waals surface area contributed by atoms with Gasteiger partial charge in [0.15, 0.2) is 5.15 Å². The first kappa shape index (κ1) is 23.9. The quantitative estimate of drug-likeness (QED) is 0.295. The van der Waals surface area contributed by atoms with Gasteiger partial charge in [-0.1, -0.05) is 45.2 Å². The molecule has 1 atom stereocenters. The molecule has 1 aliphatic rings. The van der Waals surface area contributed by atoms with Crippen LogP contribution in [-0.2, 0) is 9.59 Å².